The van der Waals surface area contributed by atoms with Crippen molar-refractivity contribution >= 4 is 11.9 Å². The molecule has 2 aromatic rings. The van der Waals surface area contributed by atoms with Gasteiger partial charge in [0.15, 0.2) is 0 Å². The Morgan fingerprint density at radius 1 is 1.23 bits per heavy atom. The van der Waals surface area contributed by atoms with E-state index in [1.807, 2.05) is 24.5 Å². The predicted octanol–water partition coefficient (Wildman–Crippen LogP) is 3.19. The molecule has 26 heavy (non-hydrogen) atoms. The lowest BCUT2D eigenvalue weighted by Gasteiger charge is -2.38. The summed E-state index contributed by atoms with van der Waals surface area (Å²) in [6.45, 7) is 1.36. The second-order valence-electron chi connectivity index (χ2n) is 7.53. The molecular formula is C19H27N5O2. The molecule has 0 bridgehead atoms. The van der Waals surface area contributed by atoms with Crippen LogP contribution in [0.2, 0.25) is 0 Å². The number of nitrogens with zero attached hydrogens (tertiary/aromatic N) is 3. The predicted molar refractivity (Wildman–Crippen MR) is 97.9 cm³/mol. The van der Waals surface area contributed by atoms with Gasteiger partial charge in [0.1, 0.15) is 5.82 Å². The number of carbonyl (C=O) groups is 1. The molecule has 1 saturated heterocycles. The molecule has 0 aromatic carbocycles. The molecule has 1 aliphatic heterocycles. The Bertz CT molecular complexity index is 712. The number of aromatic amines is 1. The quantitative estimate of drug-likeness (QED) is 0.861. The smallest absolute Gasteiger partial charge is 0.248 e. The molecule has 140 valence electrons. The number of carbonyl (C=O) groups excluding carboxylic acids is 1. The fourth-order valence-corrected chi connectivity index (χ4v) is 4.28. The van der Waals surface area contributed by atoms with Gasteiger partial charge in [-0.15, -0.1) is 5.10 Å². The van der Waals surface area contributed by atoms with Gasteiger partial charge in [0.25, 0.3) is 0 Å². The van der Waals surface area contributed by atoms with E-state index in [4.69, 9.17) is 4.74 Å². The van der Waals surface area contributed by atoms with Gasteiger partial charge in [0.05, 0.1) is 12.0 Å². The van der Waals surface area contributed by atoms with Gasteiger partial charge in [-0.1, -0.05) is 19.3 Å². The van der Waals surface area contributed by atoms with Crippen molar-refractivity contribution in [3.63, 3.8) is 0 Å². The largest absolute Gasteiger partial charge is 0.381 e. The summed E-state index contributed by atoms with van der Waals surface area (Å²) in [5.41, 5.74) is -0.228. The van der Waals surface area contributed by atoms with Crippen LogP contribution in [0.15, 0.2) is 24.5 Å². The topological polar surface area (TPSA) is 84.8 Å². The van der Waals surface area contributed by atoms with Gasteiger partial charge in [-0.3, -0.25) is 15.2 Å². The summed E-state index contributed by atoms with van der Waals surface area (Å²) in [5, 5.41) is 10.1. The highest BCUT2D eigenvalue weighted by molar-refractivity contribution is 5.89. The van der Waals surface area contributed by atoms with Crippen LogP contribution in [0.4, 0.5) is 5.95 Å². The summed E-state index contributed by atoms with van der Waals surface area (Å²) < 4.78 is 7.67. The third-order valence-electron chi connectivity index (χ3n) is 5.81. The van der Waals surface area contributed by atoms with E-state index in [1.165, 1.54) is 19.3 Å². The molecule has 2 aromatic heterocycles. The Kier molecular flexibility index (Phi) is 5.06. The standard InChI is InChI=1S/C19H27N5O2/c25-16(14-19(8-12-26-13-9-19)24-10-4-5-11-24)20-18-21-17(22-23-18)15-6-2-1-3-7-15/h4-5,10-11,15H,1-3,6-9,12-14H2,(H2,20,21,22,23,25). The van der Waals surface area contributed by atoms with Crippen molar-refractivity contribution in [1.29, 1.82) is 0 Å². The number of aromatic nitrogens is 4. The van der Waals surface area contributed by atoms with Crippen molar-refractivity contribution in [2.75, 3.05) is 18.5 Å². The number of anilines is 1. The molecule has 2 aliphatic rings. The summed E-state index contributed by atoms with van der Waals surface area (Å²) in [7, 11) is 0. The van der Waals surface area contributed by atoms with Gasteiger partial charge >= 0.3 is 0 Å². The molecule has 3 heterocycles. The molecule has 7 heteroatoms. The van der Waals surface area contributed by atoms with Crippen LogP contribution < -0.4 is 5.32 Å². The fourth-order valence-electron chi connectivity index (χ4n) is 4.28. The van der Waals surface area contributed by atoms with E-state index < -0.39 is 0 Å². The Balaban J connectivity index is 1.42. The summed E-state index contributed by atoms with van der Waals surface area (Å²) in [6, 6.07) is 4.00. The molecule has 2 fully saturated rings. The molecule has 1 aliphatic carbocycles. The number of nitrogens with one attached hydrogen (secondary N) is 2. The van der Waals surface area contributed by atoms with Crippen molar-refractivity contribution in [3.8, 4) is 0 Å². The zero-order valence-corrected chi connectivity index (χ0v) is 15.1. The Hall–Kier alpha value is -2.15. The second-order valence-corrected chi connectivity index (χ2v) is 7.53. The zero-order valence-electron chi connectivity index (χ0n) is 15.1. The van der Waals surface area contributed by atoms with Gasteiger partial charge in [-0.2, -0.15) is 4.98 Å². The van der Waals surface area contributed by atoms with Crippen molar-refractivity contribution in [2.45, 2.75) is 62.8 Å². The SMILES string of the molecule is O=C(CC1(n2cccc2)CCOCC1)Nc1n[nH]c(C2CCCCC2)n1. The highest BCUT2D eigenvalue weighted by Crippen LogP contribution is 2.34. The van der Waals surface area contributed by atoms with E-state index in [0.717, 1.165) is 31.5 Å². The van der Waals surface area contributed by atoms with Gasteiger partial charge in [0, 0.05) is 31.5 Å². The lowest BCUT2D eigenvalue weighted by molar-refractivity contribution is -0.119. The Morgan fingerprint density at radius 2 is 1.96 bits per heavy atom. The maximum Gasteiger partial charge on any atom is 0.248 e. The van der Waals surface area contributed by atoms with E-state index in [-0.39, 0.29) is 11.4 Å². The van der Waals surface area contributed by atoms with Gasteiger partial charge in [-0.05, 0) is 37.8 Å². The van der Waals surface area contributed by atoms with Crippen molar-refractivity contribution < 1.29 is 9.53 Å². The summed E-state index contributed by atoms with van der Waals surface area (Å²) in [4.78, 5) is 17.2. The van der Waals surface area contributed by atoms with Crippen LogP contribution in [-0.4, -0.2) is 38.9 Å². The van der Waals surface area contributed by atoms with Crippen molar-refractivity contribution in [2.24, 2.45) is 0 Å². The van der Waals surface area contributed by atoms with Crippen LogP contribution in [0.1, 0.15) is 63.1 Å². The van der Waals surface area contributed by atoms with E-state index in [0.29, 0.717) is 31.5 Å². The average Bonchev–Trinajstić information content (AvgIpc) is 3.35. The normalized spacial score (nSPS) is 20.8. The second kappa shape index (κ2) is 7.61. The first-order valence-electron chi connectivity index (χ1n) is 9.69. The van der Waals surface area contributed by atoms with Crippen LogP contribution in [0, 0.1) is 0 Å². The number of amides is 1. The van der Waals surface area contributed by atoms with Crippen molar-refractivity contribution in [1.82, 2.24) is 19.7 Å². The molecular weight excluding hydrogens is 330 g/mol. The van der Waals surface area contributed by atoms with Crippen LogP contribution >= 0.6 is 0 Å². The van der Waals surface area contributed by atoms with Gasteiger partial charge in [0.2, 0.25) is 11.9 Å². The minimum Gasteiger partial charge on any atom is -0.381 e. The average molecular weight is 357 g/mol. The molecule has 0 radical (unpaired) electrons. The molecule has 0 atom stereocenters. The number of hydrogen-bond acceptors (Lipinski definition) is 4. The molecule has 1 amide bonds. The van der Waals surface area contributed by atoms with Crippen LogP contribution in [-0.2, 0) is 15.1 Å². The maximum absolute atomic E-state index is 12.7. The first kappa shape index (κ1) is 17.3. The molecule has 7 nitrogen and oxygen atoms in total. The van der Waals surface area contributed by atoms with Gasteiger partial charge < -0.3 is 9.30 Å². The first-order chi connectivity index (χ1) is 12.8. The summed E-state index contributed by atoms with van der Waals surface area (Å²) in [6.07, 6.45) is 12.2. The summed E-state index contributed by atoms with van der Waals surface area (Å²) >= 11 is 0. The Labute approximate surface area is 153 Å². The van der Waals surface area contributed by atoms with Crippen LogP contribution in [0.25, 0.3) is 0 Å². The maximum atomic E-state index is 12.7. The van der Waals surface area contributed by atoms with Crippen molar-refractivity contribution in [3.05, 3.63) is 30.4 Å². The number of hydrogen-bond donors (Lipinski definition) is 2. The molecule has 4 rings (SSSR count). The third kappa shape index (κ3) is 3.67. The van der Waals surface area contributed by atoms with E-state index in [2.05, 4.69) is 25.1 Å². The number of H-pyrrole nitrogens is 1. The lowest BCUT2D eigenvalue weighted by atomic mass is 9.86. The number of rotatable bonds is 5. The van der Waals surface area contributed by atoms with E-state index in [9.17, 15) is 4.79 Å². The zero-order chi connectivity index (χ0) is 17.8. The molecule has 1 saturated carbocycles. The number of ether oxygens (including phenoxy) is 1. The third-order valence-corrected chi connectivity index (χ3v) is 5.81. The van der Waals surface area contributed by atoms with E-state index in [1.54, 1.807) is 0 Å². The molecule has 0 unspecified atom stereocenters. The minimum absolute atomic E-state index is 0.0465. The lowest BCUT2D eigenvalue weighted by Crippen LogP contribution is -2.42. The highest BCUT2D eigenvalue weighted by Gasteiger charge is 2.36. The first-order valence-corrected chi connectivity index (χ1v) is 9.69. The fraction of sp³-hybridized carbons (Fsp3) is 0.632. The van der Waals surface area contributed by atoms with E-state index >= 15 is 0 Å². The minimum atomic E-state index is -0.228. The monoisotopic (exact) mass is 357 g/mol. The van der Waals surface area contributed by atoms with Crippen LogP contribution in [0.3, 0.4) is 0 Å². The molecule has 2 N–H and O–H groups in total. The van der Waals surface area contributed by atoms with Crippen LogP contribution in [0.5, 0.6) is 0 Å². The molecule has 0 spiro atoms. The highest BCUT2D eigenvalue weighted by atomic mass is 16.5. The van der Waals surface area contributed by atoms with Gasteiger partial charge in [-0.25, -0.2) is 0 Å². The Morgan fingerprint density at radius 3 is 2.69 bits per heavy atom. The summed E-state index contributed by atoms with van der Waals surface area (Å²) in [5.74, 6) is 1.70.